The molecule has 4 rings (SSSR count). The van der Waals surface area contributed by atoms with Crippen LogP contribution in [0.3, 0.4) is 0 Å². The highest BCUT2D eigenvalue weighted by Gasteiger charge is 2.14. The number of aromatic nitrogens is 5. The molecule has 0 aliphatic carbocycles. The summed E-state index contributed by atoms with van der Waals surface area (Å²) in [6.45, 7) is 2.75. The zero-order chi connectivity index (χ0) is 18.1. The van der Waals surface area contributed by atoms with Crippen LogP contribution in [0.25, 0.3) is 10.6 Å². The monoisotopic (exact) mass is 366 g/mol. The fourth-order valence-electron chi connectivity index (χ4n) is 2.86. The summed E-state index contributed by atoms with van der Waals surface area (Å²) in [4.78, 5) is 23.6. The van der Waals surface area contributed by atoms with E-state index in [0.717, 1.165) is 16.3 Å². The van der Waals surface area contributed by atoms with Gasteiger partial charge in [0.15, 0.2) is 4.96 Å². The van der Waals surface area contributed by atoms with Crippen LogP contribution in [-0.2, 0) is 6.54 Å². The fraction of sp³-hybridized carbons (Fsp3) is 0.222. The second-order valence-corrected chi connectivity index (χ2v) is 7.04. The molecule has 3 heterocycles. The Labute approximate surface area is 154 Å². The Balaban J connectivity index is 1.51. The molecule has 1 atom stereocenters. The highest BCUT2D eigenvalue weighted by atomic mass is 32.1. The lowest BCUT2D eigenvalue weighted by Crippen LogP contribution is -2.24. The molecule has 0 saturated heterocycles. The van der Waals surface area contributed by atoms with Gasteiger partial charge < -0.3 is 0 Å². The van der Waals surface area contributed by atoms with E-state index in [1.54, 1.807) is 27.7 Å². The minimum absolute atomic E-state index is 0.0375. The summed E-state index contributed by atoms with van der Waals surface area (Å²) in [7, 11) is 2.04. The van der Waals surface area contributed by atoms with Crippen molar-refractivity contribution in [3.8, 4) is 5.69 Å². The van der Waals surface area contributed by atoms with E-state index in [4.69, 9.17) is 0 Å². The lowest BCUT2D eigenvalue weighted by Gasteiger charge is -2.24. The second-order valence-electron chi connectivity index (χ2n) is 6.16. The predicted octanol–water partition coefficient (Wildman–Crippen LogP) is 2.53. The fourth-order valence-corrected chi connectivity index (χ4v) is 3.60. The molecule has 8 heteroatoms. The van der Waals surface area contributed by atoms with Crippen molar-refractivity contribution in [1.29, 1.82) is 0 Å². The highest BCUT2D eigenvalue weighted by molar-refractivity contribution is 7.15. The third-order valence-corrected chi connectivity index (χ3v) is 5.24. The molecule has 0 bridgehead atoms. The lowest BCUT2D eigenvalue weighted by atomic mass is 10.1. The number of rotatable bonds is 5. The van der Waals surface area contributed by atoms with Crippen molar-refractivity contribution >= 4 is 16.3 Å². The van der Waals surface area contributed by atoms with E-state index in [1.807, 2.05) is 24.6 Å². The quantitative estimate of drug-likeness (QED) is 0.543. The van der Waals surface area contributed by atoms with Crippen LogP contribution in [0, 0.1) is 0 Å². The van der Waals surface area contributed by atoms with Crippen LogP contribution in [-0.4, -0.2) is 36.1 Å². The summed E-state index contributed by atoms with van der Waals surface area (Å²) in [6, 6.07) is 10.0. The maximum Gasteiger partial charge on any atom is 0.258 e. The Morgan fingerprint density at radius 2 is 2.08 bits per heavy atom. The summed E-state index contributed by atoms with van der Waals surface area (Å²) in [5, 5.41) is 6.01. The molecule has 132 valence electrons. The first-order valence-corrected chi connectivity index (χ1v) is 9.11. The summed E-state index contributed by atoms with van der Waals surface area (Å²) < 4.78 is 3.30. The van der Waals surface area contributed by atoms with Gasteiger partial charge in [-0.15, -0.1) is 11.3 Å². The molecular formula is C18H18N6OS. The first-order chi connectivity index (χ1) is 12.6. The van der Waals surface area contributed by atoms with Crippen LogP contribution in [0.2, 0.25) is 0 Å². The van der Waals surface area contributed by atoms with Crippen LogP contribution in [0.15, 0.2) is 59.4 Å². The van der Waals surface area contributed by atoms with Gasteiger partial charge in [0.1, 0.15) is 12.7 Å². The van der Waals surface area contributed by atoms with Gasteiger partial charge in [0.25, 0.3) is 5.56 Å². The Hall–Kier alpha value is -2.84. The topological polar surface area (TPSA) is 68.3 Å². The molecule has 0 amide bonds. The Morgan fingerprint density at radius 1 is 1.27 bits per heavy atom. The van der Waals surface area contributed by atoms with Crippen LogP contribution < -0.4 is 5.56 Å². The Morgan fingerprint density at radius 3 is 2.81 bits per heavy atom. The third kappa shape index (κ3) is 3.16. The Bertz CT molecular complexity index is 1070. The number of hydrogen-bond donors (Lipinski definition) is 0. The molecule has 0 spiro atoms. The van der Waals surface area contributed by atoms with E-state index < -0.39 is 0 Å². The van der Waals surface area contributed by atoms with Crippen molar-refractivity contribution in [2.24, 2.45) is 0 Å². The third-order valence-electron chi connectivity index (χ3n) is 4.49. The van der Waals surface area contributed by atoms with Gasteiger partial charge in [-0.1, -0.05) is 12.1 Å². The maximum atomic E-state index is 12.1. The van der Waals surface area contributed by atoms with Gasteiger partial charge in [0.05, 0.1) is 11.4 Å². The van der Waals surface area contributed by atoms with Gasteiger partial charge in [-0.05, 0) is 31.7 Å². The summed E-state index contributed by atoms with van der Waals surface area (Å²) in [5.41, 5.74) is 2.90. The molecule has 4 aromatic rings. The van der Waals surface area contributed by atoms with Gasteiger partial charge in [-0.25, -0.2) is 14.6 Å². The van der Waals surface area contributed by atoms with Crippen molar-refractivity contribution in [2.75, 3.05) is 7.05 Å². The Kier molecular flexibility index (Phi) is 4.36. The van der Waals surface area contributed by atoms with Crippen molar-refractivity contribution in [3.05, 3.63) is 76.2 Å². The van der Waals surface area contributed by atoms with Crippen LogP contribution in [0.4, 0.5) is 0 Å². The molecule has 0 saturated carbocycles. The number of fused-ring (bicyclic) bond motifs is 1. The summed E-state index contributed by atoms with van der Waals surface area (Å²) >= 11 is 1.47. The molecule has 3 aromatic heterocycles. The average molecular weight is 366 g/mol. The van der Waals surface area contributed by atoms with Gasteiger partial charge in [0.2, 0.25) is 0 Å². The van der Waals surface area contributed by atoms with Crippen molar-refractivity contribution in [1.82, 2.24) is 29.0 Å². The summed E-state index contributed by atoms with van der Waals surface area (Å²) in [6.07, 6.45) is 4.95. The van der Waals surface area contributed by atoms with Gasteiger partial charge >= 0.3 is 0 Å². The lowest BCUT2D eigenvalue weighted by molar-refractivity contribution is 0.250. The van der Waals surface area contributed by atoms with E-state index in [2.05, 4.69) is 39.0 Å². The van der Waals surface area contributed by atoms with E-state index in [9.17, 15) is 4.79 Å². The predicted molar refractivity (Wildman–Crippen MR) is 101 cm³/mol. The van der Waals surface area contributed by atoms with Crippen molar-refractivity contribution < 1.29 is 0 Å². The number of nitrogens with zero attached hydrogens (tertiary/aromatic N) is 6. The summed E-state index contributed by atoms with van der Waals surface area (Å²) in [5.74, 6) is 0. The number of hydrogen-bond acceptors (Lipinski definition) is 6. The second kappa shape index (κ2) is 6.81. The molecule has 0 fully saturated rings. The molecule has 0 unspecified atom stereocenters. The SMILES string of the molecule is C[C@H](c1ccc(-n2cncn2)cc1)N(C)Cc1cc(=O)n2ccsc2n1. The first-order valence-electron chi connectivity index (χ1n) is 8.23. The standard InChI is InChI=1S/C18H18N6OS/c1-13(14-3-5-16(6-4-14)24-12-19-11-20-24)22(2)10-15-9-17(25)23-7-8-26-18(23)21-15/h3-9,11-13H,10H2,1-2H3/t13-/m1/s1. The molecule has 0 aliphatic rings. The van der Waals surface area contributed by atoms with Crippen molar-refractivity contribution in [3.63, 3.8) is 0 Å². The molecule has 1 aromatic carbocycles. The van der Waals surface area contributed by atoms with E-state index in [-0.39, 0.29) is 11.6 Å². The average Bonchev–Trinajstić information content (AvgIpc) is 3.33. The van der Waals surface area contributed by atoms with E-state index in [1.165, 1.54) is 23.2 Å². The zero-order valence-corrected chi connectivity index (χ0v) is 15.3. The maximum absolute atomic E-state index is 12.1. The number of thiazole rings is 1. The normalized spacial score (nSPS) is 12.7. The highest BCUT2D eigenvalue weighted by Crippen LogP contribution is 2.21. The minimum Gasteiger partial charge on any atom is -0.294 e. The van der Waals surface area contributed by atoms with Gasteiger partial charge in [0, 0.05) is 30.2 Å². The van der Waals surface area contributed by atoms with Gasteiger partial charge in [-0.2, -0.15) is 5.10 Å². The van der Waals surface area contributed by atoms with E-state index in [0.29, 0.717) is 6.54 Å². The van der Waals surface area contributed by atoms with Crippen LogP contribution >= 0.6 is 11.3 Å². The smallest absolute Gasteiger partial charge is 0.258 e. The molecular weight excluding hydrogens is 348 g/mol. The molecule has 7 nitrogen and oxygen atoms in total. The molecule has 0 N–H and O–H groups in total. The largest absolute Gasteiger partial charge is 0.294 e. The molecule has 26 heavy (non-hydrogen) atoms. The van der Waals surface area contributed by atoms with Crippen molar-refractivity contribution in [2.45, 2.75) is 19.5 Å². The van der Waals surface area contributed by atoms with E-state index >= 15 is 0 Å². The van der Waals surface area contributed by atoms with Crippen LogP contribution in [0.5, 0.6) is 0 Å². The molecule has 0 radical (unpaired) electrons. The molecule has 0 aliphatic heterocycles. The van der Waals surface area contributed by atoms with Gasteiger partial charge in [-0.3, -0.25) is 14.1 Å². The first kappa shape index (κ1) is 16.6. The minimum atomic E-state index is -0.0375. The van der Waals surface area contributed by atoms with Crippen LogP contribution in [0.1, 0.15) is 24.2 Å². The zero-order valence-electron chi connectivity index (χ0n) is 14.5. The number of benzene rings is 1.